The number of primary amides is 1. The van der Waals surface area contributed by atoms with Crippen molar-refractivity contribution in [1.29, 1.82) is 0 Å². The summed E-state index contributed by atoms with van der Waals surface area (Å²) in [6.45, 7) is 4.54. The molecule has 5 nitrogen and oxygen atoms in total. The van der Waals surface area contributed by atoms with Crippen LogP contribution in [0.25, 0.3) is 0 Å². The molecule has 0 spiro atoms. The second-order valence-electron chi connectivity index (χ2n) is 5.48. The molecule has 2 N–H and O–H groups in total. The van der Waals surface area contributed by atoms with Gasteiger partial charge in [0.05, 0.1) is 12.7 Å². The second-order valence-corrected chi connectivity index (χ2v) is 5.48. The lowest BCUT2D eigenvalue weighted by Crippen LogP contribution is -2.51. The number of hydrogen-bond donors (Lipinski definition) is 1. The first-order chi connectivity index (χ1) is 10.6. The van der Waals surface area contributed by atoms with Crippen molar-refractivity contribution in [3.8, 4) is 18.1 Å². The maximum Gasteiger partial charge on any atom is 0.247 e. The Bertz CT molecular complexity index is 536. The quantitative estimate of drug-likeness (QED) is 0.633. The summed E-state index contributed by atoms with van der Waals surface area (Å²) in [4.78, 5) is 13.5. The van der Waals surface area contributed by atoms with Crippen molar-refractivity contribution >= 4 is 5.91 Å². The molecule has 2 rings (SSSR count). The van der Waals surface area contributed by atoms with Gasteiger partial charge in [-0.15, -0.1) is 12.3 Å². The minimum absolute atomic E-state index is 0.00220. The highest BCUT2D eigenvalue weighted by atomic mass is 16.5. The Labute approximate surface area is 131 Å². The Balaban J connectivity index is 1.90. The van der Waals surface area contributed by atoms with E-state index in [2.05, 4.69) is 10.8 Å². The molecule has 1 aliphatic rings. The molecule has 22 heavy (non-hydrogen) atoms. The molecule has 0 aromatic heterocycles. The molecular weight excluding hydrogens is 280 g/mol. The fraction of sp³-hybridized carbons (Fsp3) is 0.471. The van der Waals surface area contributed by atoms with E-state index in [1.54, 1.807) is 0 Å². The summed E-state index contributed by atoms with van der Waals surface area (Å²) in [6, 6.07) is 7.90. The number of ether oxygens (including phenoxy) is 2. The average molecular weight is 302 g/mol. The Morgan fingerprint density at radius 3 is 2.82 bits per heavy atom. The third-order valence-electron chi connectivity index (χ3n) is 3.50. The van der Waals surface area contributed by atoms with Gasteiger partial charge in [-0.25, -0.2) is 0 Å². The van der Waals surface area contributed by atoms with Gasteiger partial charge >= 0.3 is 0 Å². The molecule has 2 atom stereocenters. The van der Waals surface area contributed by atoms with E-state index in [0.717, 1.165) is 24.4 Å². The maximum atomic E-state index is 11.3. The summed E-state index contributed by atoms with van der Waals surface area (Å²) < 4.78 is 11.1. The van der Waals surface area contributed by atoms with Crippen LogP contribution in [0.4, 0.5) is 0 Å². The first-order valence-electron chi connectivity index (χ1n) is 7.41. The first kappa shape index (κ1) is 16.3. The van der Waals surface area contributed by atoms with E-state index in [0.29, 0.717) is 19.6 Å². The van der Waals surface area contributed by atoms with E-state index in [1.807, 2.05) is 31.2 Å². The summed E-state index contributed by atoms with van der Waals surface area (Å²) in [5.74, 6) is 2.94. The number of benzene rings is 1. The van der Waals surface area contributed by atoms with Gasteiger partial charge in [-0.2, -0.15) is 0 Å². The molecule has 1 aromatic rings. The highest BCUT2D eigenvalue weighted by Gasteiger charge is 2.28. The lowest BCUT2D eigenvalue weighted by atomic mass is 10.1. The Morgan fingerprint density at radius 2 is 2.18 bits per heavy atom. The molecule has 1 aromatic carbocycles. The van der Waals surface area contributed by atoms with Crippen molar-refractivity contribution in [3.63, 3.8) is 0 Å². The van der Waals surface area contributed by atoms with Crippen molar-refractivity contribution in [2.45, 2.75) is 32.1 Å². The maximum absolute atomic E-state index is 11.3. The van der Waals surface area contributed by atoms with Gasteiger partial charge in [0.2, 0.25) is 5.91 Å². The molecule has 0 aliphatic carbocycles. The van der Waals surface area contributed by atoms with E-state index < -0.39 is 12.0 Å². The summed E-state index contributed by atoms with van der Waals surface area (Å²) in [7, 11) is 0. The molecule has 0 bridgehead atoms. The molecule has 118 valence electrons. The third kappa shape index (κ3) is 4.76. The van der Waals surface area contributed by atoms with Crippen LogP contribution >= 0.6 is 0 Å². The molecule has 1 heterocycles. The highest BCUT2D eigenvalue weighted by Crippen LogP contribution is 2.17. The van der Waals surface area contributed by atoms with Crippen LogP contribution in [-0.2, 0) is 16.1 Å². The first-order valence-corrected chi connectivity index (χ1v) is 7.41. The Morgan fingerprint density at radius 1 is 1.45 bits per heavy atom. The van der Waals surface area contributed by atoms with E-state index in [1.165, 1.54) is 0 Å². The number of hydrogen-bond acceptors (Lipinski definition) is 4. The van der Waals surface area contributed by atoms with E-state index in [4.69, 9.17) is 21.6 Å². The second kappa shape index (κ2) is 7.83. The summed E-state index contributed by atoms with van der Waals surface area (Å²) in [5.41, 5.74) is 6.50. The van der Waals surface area contributed by atoms with Crippen LogP contribution in [0.2, 0.25) is 0 Å². The number of carbonyl (C=O) groups excluding carboxylic acids is 1. The molecule has 1 saturated heterocycles. The lowest BCUT2D eigenvalue weighted by Gasteiger charge is -2.35. The van der Waals surface area contributed by atoms with Crippen LogP contribution in [0.15, 0.2) is 24.3 Å². The number of terminal acetylenes is 1. The topological polar surface area (TPSA) is 64.8 Å². The minimum atomic E-state index is -0.532. The fourth-order valence-corrected chi connectivity index (χ4v) is 2.50. The monoisotopic (exact) mass is 302 g/mol. The van der Waals surface area contributed by atoms with E-state index >= 15 is 0 Å². The smallest absolute Gasteiger partial charge is 0.247 e. The zero-order valence-electron chi connectivity index (χ0n) is 12.8. The normalized spacial score (nSPS) is 22.0. The van der Waals surface area contributed by atoms with Gasteiger partial charge in [0.25, 0.3) is 0 Å². The molecule has 1 fully saturated rings. The summed E-state index contributed by atoms with van der Waals surface area (Å²) in [6.07, 6.45) is 5.25. The van der Waals surface area contributed by atoms with Crippen molar-refractivity contribution in [1.82, 2.24) is 4.90 Å². The summed E-state index contributed by atoms with van der Waals surface area (Å²) in [5, 5.41) is 0. The Hall–Kier alpha value is -2.03. The predicted molar refractivity (Wildman–Crippen MR) is 84.2 cm³/mol. The zero-order valence-corrected chi connectivity index (χ0v) is 12.8. The molecule has 5 heteroatoms. The number of rotatable bonds is 6. The van der Waals surface area contributed by atoms with Crippen LogP contribution in [0.5, 0.6) is 5.75 Å². The van der Waals surface area contributed by atoms with Crippen molar-refractivity contribution in [3.05, 3.63) is 29.8 Å². The highest BCUT2D eigenvalue weighted by molar-refractivity contribution is 5.79. The van der Waals surface area contributed by atoms with Gasteiger partial charge in [-0.3, -0.25) is 9.69 Å². The van der Waals surface area contributed by atoms with Gasteiger partial charge in [0.1, 0.15) is 11.9 Å². The number of morpholine rings is 1. The number of nitrogens with two attached hydrogens (primary N) is 1. The van der Waals surface area contributed by atoms with Gasteiger partial charge in [0.15, 0.2) is 0 Å². The number of nitrogens with zero attached hydrogens (tertiary/aromatic N) is 1. The predicted octanol–water partition coefficient (Wildman–Crippen LogP) is 1.16. The van der Waals surface area contributed by atoms with E-state index in [9.17, 15) is 4.79 Å². The molecule has 0 unspecified atom stereocenters. The molecular formula is C17H22N2O3. The number of amides is 1. The van der Waals surface area contributed by atoms with Crippen molar-refractivity contribution < 1.29 is 14.3 Å². The summed E-state index contributed by atoms with van der Waals surface area (Å²) >= 11 is 0. The number of carbonyl (C=O) groups is 1. The largest absolute Gasteiger partial charge is 0.493 e. The molecule has 1 amide bonds. The fourth-order valence-electron chi connectivity index (χ4n) is 2.50. The molecule has 0 saturated carbocycles. The minimum Gasteiger partial charge on any atom is -0.493 e. The lowest BCUT2D eigenvalue weighted by molar-refractivity contribution is -0.142. The van der Waals surface area contributed by atoms with Crippen LogP contribution in [-0.4, -0.2) is 42.7 Å². The zero-order chi connectivity index (χ0) is 15.9. The SMILES string of the molecule is C#CCCOc1ccc(CN2C[C@@H](C)O[C@@H](C(N)=O)C2)cc1. The van der Waals surface area contributed by atoms with Crippen LogP contribution in [0, 0.1) is 12.3 Å². The molecule has 1 aliphatic heterocycles. The Kier molecular flexibility index (Phi) is 5.82. The van der Waals surface area contributed by atoms with Crippen LogP contribution in [0.3, 0.4) is 0 Å². The van der Waals surface area contributed by atoms with Crippen LogP contribution < -0.4 is 10.5 Å². The van der Waals surface area contributed by atoms with Gasteiger partial charge in [-0.05, 0) is 24.6 Å². The van der Waals surface area contributed by atoms with Gasteiger partial charge in [-0.1, -0.05) is 12.1 Å². The van der Waals surface area contributed by atoms with E-state index in [-0.39, 0.29) is 6.10 Å². The van der Waals surface area contributed by atoms with Crippen LogP contribution in [0.1, 0.15) is 18.9 Å². The van der Waals surface area contributed by atoms with Crippen molar-refractivity contribution in [2.24, 2.45) is 5.73 Å². The average Bonchev–Trinajstić information content (AvgIpc) is 2.48. The third-order valence-corrected chi connectivity index (χ3v) is 3.50. The van der Waals surface area contributed by atoms with Gasteiger partial charge < -0.3 is 15.2 Å². The standard InChI is InChI=1S/C17H22N2O3/c1-3-4-9-21-15-7-5-14(6-8-15)11-19-10-13(2)22-16(12-19)17(18)20/h1,5-8,13,16H,4,9-12H2,2H3,(H2,18,20)/t13-,16-/m1/s1. The van der Waals surface area contributed by atoms with Crippen molar-refractivity contribution in [2.75, 3.05) is 19.7 Å². The molecule has 0 radical (unpaired) electrons. The van der Waals surface area contributed by atoms with Gasteiger partial charge in [0, 0.05) is 26.1 Å².